The Morgan fingerprint density at radius 1 is 1.20 bits per heavy atom. The molecular weight excluding hydrogens is 206 g/mol. The molecule has 0 saturated heterocycles. The maximum Gasteiger partial charge on any atom is 0.0667 e. The van der Waals surface area contributed by atoms with Gasteiger partial charge in [-0.3, -0.25) is 4.98 Å². The maximum absolute atomic E-state index is 6.10. The van der Waals surface area contributed by atoms with Crippen LogP contribution < -0.4 is 0 Å². The Bertz CT molecular complexity index is 465. The fourth-order valence-corrected chi connectivity index (χ4v) is 1.97. The van der Waals surface area contributed by atoms with E-state index in [0.717, 1.165) is 22.5 Å². The number of rotatable bonds is 3. The van der Waals surface area contributed by atoms with Gasteiger partial charge in [-0.2, -0.15) is 0 Å². The van der Waals surface area contributed by atoms with Crippen molar-refractivity contribution < 1.29 is 0 Å². The molecule has 0 bridgehead atoms. The fraction of sp³-hybridized carbons (Fsp3) is 0.308. The summed E-state index contributed by atoms with van der Waals surface area (Å²) in [5.74, 6) is 0. The summed E-state index contributed by atoms with van der Waals surface area (Å²) in [4.78, 5) is 4.41. The SMILES string of the molecule is CCCCc1ncc(Cl)c2ccccc12. The number of aryl methyl sites for hydroxylation is 1. The number of unbranched alkanes of at least 4 members (excludes halogenated alkanes) is 1. The third-order valence-electron chi connectivity index (χ3n) is 2.60. The highest BCUT2D eigenvalue weighted by Crippen LogP contribution is 2.25. The molecule has 15 heavy (non-hydrogen) atoms. The molecule has 1 aromatic carbocycles. The van der Waals surface area contributed by atoms with Gasteiger partial charge >= 0.3 is 0 Å². The second-order valence-corrected chi connectivity index (χ2v) is 4.11. The van der Waals surface area contributed by atoms with Gasteiger partial charge in [0.2, 0.25) is 0 Å². The van der Waals surface area contributed by atoms with Gasteiger partial charge in [-0.15, -0.1) is 0 Å². The predicted octanol–water partition coefficient (Wildman–Crippen LogP) is 4.23. The van der Waals surface area contributed by atoms with E-state index in [1.165, 1.54) is 18.2 Å². The van der Waals surface area contributed by atoms with E-state index in [1.807, 2.05) is 12.1 Å². The molecule has 0 spiro atoms. The number of benzene rings is 1. The highest BCUT2D eigenvalue weighted by Gasteiger charge is 2.04. The summed E-state index contributed by atoms with van der Waals surface area (Å²) in [6.07, 6.45) is 5.17. The number of hydrogen-bond acceptors (Lipinski definition) is 1. The van der Waals surface area contributed by atoms with E-state index in [0.29, 0.717) is 0 Å². The molecular formula is C13H14ClN. The summed E-state index contributed by atoms with van der Waals surface area (Å²) in [7, 11) is 0. The van der Waals surface area contributed by atoms with Gasteiger partial charge in [0.15, 0.2) is 0 Å². The van der Waals surface area contributed by atoms with Crippen LogP contribution in [0.25, 0.3) is 10.8 Å². The van der Waals surface area contributed by atoms with Crippen molar-refractivity contribution in [1.29, 1.82) is 0 Å². The van der Waals surface area contributed by atoms with E-state index in [1.54, 1.807) is 6.20 Å². The quantitative estimate of drug-likeness (QED) is 0.753. The lowest BCUT2D eigenvalue weighted by Crippen LogP contribution is -1.92. The maximum atomic E-state index is 6.10. The number of aromatic nitrogens is 1. The lowest BCUT2D eigenvalue weighted by Gasteiger charge is -2.06. The van der Waals surface area contributed by atoms with Crippen LogP contribution in [0.5, 0.6) is 0 Å². The monoisotopic (exact) mass is 219 g/mol. The summed E-state index contributed by atoms with van der Waals surface area (Å²) in [5.41, 5.74) is 1.16. The minimum atomic E-state index is 0.742. The Balaban J connectivity index is 2.51. The highest BCUT2D eigenvalue weighted by atomic mass is 35.5. The van der Waals surface area contributed by atoms with Gasteiger partial charge < -0.3 is 0 Å². The molecule has 1 aromatic heterocycles. The summed E-state index contributed by atoms with van der Waals surface area (Å²) < 4.78 is 0. The average molecular weight is 220 g/mol. The third kappa shape index (κ3) is 2.13. The van der Waals surface area contributed by atoms with Crippen LogP contribution >= 0.6 is 11.6 Å². The Morgan fingerprint density at radius 3 is 2.67 bits per heavy atom. The van der Waals surface area contributed by atoms with Crippen LogP contribution in [-0.2, 0) is 6.42 Å². The first-order valence-electron chi connectivity index (χ1n) is 5.35. The second kappa shape index (κ2) is 4.63. The van der Waals surface area contributed by atoms with Crippen molar-refractivity contribution in [2.24, 2.45) is 0 Å². The number of pyridine rings is 1. The molecule has 0 N–H and O–H groups in total. The van der Waals surface area contributed by atoms with Gasteiger partial charge in [0.1, 0.15) is 0 Å². The van der Waals surface area contributed by atoms with Crippen LogP contribution in [0.1, 0.15) is 25.5 Å². The second-order valence-electron chi connectivity index (χ2n) is 3.70. The van der Waals surface area contributed by atoms with Crippen molar-refractivity contribution in [1.82, 2.24) is 4.98 Å². The van der Waals surface area contributed by atoms with Crippen LogP contribution in [0.4, 0.5) is 0 Å². The molecule has 0 aliphatic heterocycles. The zero-order valence-electron chi connectivity index (χ0n) is 8.83. The Labute approximate surface area is 95.1 Å². The topological polar surface area (TPSA) is 12.9 Å². The van der Waals surface area contributed by atoms with Crippen LogP contribution in [0.15, 0.2) is 30.5 Å². The minimum Gasteiger partial charge on any atom is -0.259 e. The molecule has 1 heterocycles. The van der Waals surface area contributed by atoms with E-state index in [2.05, 4.69) is 24.0 Å². The van der Waals surface area contributed by atoms with Crippen molar-refractivity contribution in [2.75, 3.05) is 0 Å². The van der Waals surface area contributed by atoms with E-state index >= 15 is 0 Å². The Morgan fingerprint density at radius 2 is 1.93 bits per heavy atom. The lowest BCUT2D eigenvalue weighted by molar-refractivity contribution is 0.782. The van der Waals surface area contributed by atoms with Gasteiger partial charge in [-0.1, -0.05) is 49.2 Å². The fourth-order valence-electron chi connectivity index (χ4n) is 1.76. The Hall–Kier alpha value is -1.08. The smallest absolute Gasteiger partial charge is 0.0667 e. The zero-order chi connectivity index (χ0) is 10.7. The lowest BCUT2D eigenvalue weighted by atomic mass is 10.1. The normalized spacial score (nSPS) is 10.8. The van der Waals surface area contributed by atoms with Crippen molar-refractivity contribution in [2.45, 2.75) is 26.2 Å². The molecule has 2 heteroatoms. The molecule has 0 aliphatic carbocycles. The van der Waals surface area contributed by atoms with E-state index in [9.17, 15) is 0 Å². The molecule has 2 aromatic rings. The number of hydrogen-bond donors (Lipinski definition) is 0. The first kappa shape index (κ1) is 10.4. The molecule has 1 nitrogen and oxygen atoms in total. The molecule has 0 fully saturated rings. The largest absolute Gasteiger partial charge is 0.259 e. The van der Waals surface area contributed by atoms with Gasteiger partial charge in [0.25, 0.3) is 0 Å². The first-order valence-corrected chi connectivity index (χ1v) is 5.73. The first-order chi connectivity index (χ1) is 7.33. The number of fused-ring (bicyclic) bond motifs is 1. The number of nitrogens with zero attached hydrogens (tertiary/aromatic N) is 1. The van der Waals surface area contributed by atoms with Crippen molar-refractivity contribution >= 4 is 22.4 Å². The van der Waals surface area contributed by atoms with Crippen molar-refractivity contribution in [3.63, 3.8) is 0 Å². The van der Waals surface area contributed by atoms with Crippen LogP contribution in [-0.4, -0.2) is 4.98 Å². The summed E-state index contributed by atoms with van der Waals surface area (Å²) in [6.45, 7) is 2.19. The van der Waals surface area contributed by atoms with Crippen LogP contribution in [0.3, 0.4) is 0 Å². The molecule has 0 unspecified atom stereocenters. The molecule has 0 amide bonds. The average Bonchev–Trinajstić information content (AvgIpc) is 2.29. The van der Waals surface area contributed by atoms with Gasteiger partial charge in [-0.05, 0) is 12.8 Å². The van der Waals surface area contributed by atoms with Crippen LogP contribution in [0, 0.1) is 0 Å². The summed E-state index contributed by atoms with van der Waals surface area (Å²) in [5, 5.41) is 3.05. The summed E-state index contributed by atoms with van der Waals surface area (Å²) in [6, 6.07) is 8.20. The van der Waals surface area contributed by atoms with Crippen molar-refractivity contribution in [3.05, 3.63) is 41.2 Å². The number of halogens is 1. The molecule has 0 radical (unpaired) electrons. The molecule has 0 aliphatic rings. The van der Waals surface area contributed by atoms with Crippen LogP contribution in [0.2, 0.25) is 5.02 Å². The summed E-state index contributed by atoms with van der Waals surface area (Å²) >= 11 is 6.10. The van der Waals surface area contributed by atoms with E-state index in [4.69, 9.17) is 11.6 Å². The minimum absolute atomic E-state index is 0.742. The molecule has 0 saturated carbocycles. The van der Waals surface area contributed by atoms with Gasteiger partial charge in [0, 0.05) is 22.7 Å². The molecule has 2 rings (SSSR count). The molecule has 0 atom stereocenters. The van der Waals surface area contributed by atoms with E-state index in [-0.39, 0.29) is 0 Å². The predicted molar refractivity (Wildman–Crippen MR) is 65.4 cm³/mol. The Kier molecular flexibility index (Phi) is 3.22. The third-order valence-corrected chi connectivity index (χ3v) is 2.90. The van der Waals surface area contributed by atoms with Gasteiger partial charge in [-0.25, -0.2) is 0 Å². The van der Waals surface area contributed by atoms with Gasteiger partial charge in [0.05, 0.1) is 5.02 Å². The molecule has 78 valence electrons. The zero-order valence-corrected chi connectivity index (χ0v) is 9.59. The highest BCUT2D eigenvalue weighted by molar-refractivity contribution is 6.35. The standard InChI is InChI=1S/C13H14ClN/c1-2-3-8-13-11-7-5-4-6-10(11)12(14)9-15-13/h4-7,9H,2-3,8H2,1H3. The van der Waals surface area contributed by atoms with Crippen molar-refractivity contribution in [3.8, 4) is 0 Å². The van der Waals surface area contributed by atoms with E-state index < -0.39 is 0 Å².